The molecule has 0 saturated carbocycles. The molecule has 32 heavy (non-hydrogen) atoms. The van der Waals surface area contributed by atoms with Gasteiger partial charge in [-0.05, 0) is 30.2 Å². The van der Waals surface area contributed by atoms with Crippen molar-refractivity contribution < 1.29 is 9.72 Å². The van der Waals surface area contributed by atoms with Crippen LogP contribution in [0.15, 0.2) is 60.0 Å². The van der Waals surface area contributed by atoms with E-state index in [-0.39, 0.29) is 10.6 Å². The highest BCUT2D eigenvalue weighted by atomic mass is 32.1. The van der Waals surface area contributed by atoms with Crippen LogP contribution in [0.1, 0.15) is 17.5 Å². The summed E-state index contributed by atoms with van der Waals surface area (Å²) in [6.45, 7) is 5.62. The van der Waals surface area contributed by atoms with Gasteiger partial charge in [-0.2, -0.15) is 0 Å². The third kappa shape index (κ3) is 5.39. The Morgan fingerprint density at radius 3 is 2.50 bits per heavy atom. The van der Waals surface area contributed by atoms with Crippen molar-refractivity contribution in [2.75, 3.05) is 39.3 Å². The summed E-state index contributed by atoms with van der Waals surface area (Å²) in [5.74, 6) is 2.19. The summed E-state index contributed by atoms with van der Waals surface area (Å²) in [5.41, 5.74) is 2.85. The summed E-state index contributed by atoms with van der Waals surface area (Å²) >= 11 is 1.67. The quantitative estimate of drug-likeness (QED) is 0.283. The number of thiophene rings is 1. The summed E-state index contributed by atoms with van der Waals surface area (Å²) in [4.78, 5) is 26.8. The van der Waals surface area contributed by atoms with Gasteiger partial charge in [0.1, 0.15) is 5.94 Å². The number of rotatable bonds is 8. The average Bonchev–Trinajstić information content (AvgIpc) is 3.25. The lowest BCUT2D eigenvalue weighted by Gasteiger charge is -2.34. The van der Waals surface area contributed by atoms with Crippen molar-refractivity contribution in [1.29, 1.82) is 0 Å². The lowest BCUT2D eigenvalue weighted by molar-refractivity contribution is -0.384. The first-order valence-corrected chi connectivity index (χ1v) is 11.6. The van der Waals surface area contributed by atoms with Crippen LogP contribution in [0.4, 0.5) is 5.69 Å². The van der Waals surface area contributed by atoms with Crippen LogP contribution < -0.4 is 0 Å². The molecule has 0 spiro atoms. The predicted molar refractivity (Wildman–Crippen MR) is 131 cm³/mol. The minimum absolute atomic E-state index is 0.109. The van der Waals surface area contributed by atoms with Crippen molar-refractivity contribution in [3.8, 4) is 0 Å². The molecule has 1 aliphatic heterocycles. The molecule has 0 N–H and O–H groups in total. The zero-order valence-corrected chi connectivity index (χ0v) is 18.6. The van der Waals surface area contributed by atoms with Crippen molar-refractivity contribution >= 4 is 44.7 Å². The van der Waals surface area contributed by atoms with Crippen LogP contribution in [0.25, 0.3) is 21.7 Å². The van der Waals surface area contributed by atoms with Gasteiger partial charge in [0, 0.05) is 78.0 Å². The normalized spacial score (nSPS) is 15.2. The smallest absolute Gasteiger partial charge is 0.269 e. The summed E-state index contributed by atoms with van der Waals surface area (Å²) < 4.78 is 1.20. The number of nitrogens with zero attached hydrogens (tertiary/aromatic N) is 3. The topological polar surface area (TPSA) is 66.7 Å². The van der Waals surface area contributed by atoms with Gasteiger partial charge in [0.05, 0.1) is 4.92 Å². The largest absolute Gasteiger partial charge is 0.300 e. The number of benzene rings is 2. The number of hydrogen-bond acceptors (Lipinski definition) is 6. The van der Waals surface area contributed by atoms with Gasteiger partial charge in [0.15, 0.2) is 0 Å². The van der Waals surface area contributed by atoms with E-state index < -0.39 is 0 Å². The minimum atomic E-state index is -0.386. The number of fused-ring (bicyclic) bond motifs is 1. The molecular formula is C25H25N3O3S. The summed E-state index contributed by atoms with van der Waals surface area (Å²) in [7, 11) is 0. The summed E-state index contributed by atoms with van der Waals surface area (Å²) in [5, 5.41) is 13.9. The maximum atomic E-state index is 11.6. The molecule has 2 aromatic carbocycles. The second kappa shape index (κ2) is 10.5. The number of nitro benzene ring substituents is 1. The lowest BCUT2D eigenvalue weighted by atomic mass is 10.0. The van der Waals surface area contributed by atoms with Crippen LogP contribution in [-0.2, 0) is 4.79 Å². The highest BCUT2D eigenvalue weighted by Gasteiger charge is 2.17. The van der Waals surface area contributed by atoms with Gasteiger partial charge in [-0.3, -0.25) is 15.0 Å². The zero-order chi connectivity index (χ0) is 22.3. The Hall–Kier alpha value is -3.09. The fourth-order valence-corrected chi connectivity index (χ4v) is 4.94. The highest BCUT2D eigenvalue weighted by Crippen LogP contribution is 2.31. The molecule has 3 aromatic rings. The second-order valence-electron chi connectivity index (χ2n) is 7.87. The lowest BCUT2D eigenvalue weighted by Crippen LogP contribution is -2.46. The van der Waals surface area contributed by atoms with E-state index in [1.54, 1.807) is 23.5 Å². The molecule has 0 bridgehead atoms. The Morgan fingerprint density at radius 2 is 1.78 bits per heavy atom. The molecular weight excluding hydrogens is 422 g/mol. The number of nitro groups is 1. The first-order chi connectivity index (χ1) is 15.6. The van der Waals surface area contributed by atoms with E-state index in [1.807, 2.05) is 18.2 Å². The van der Waals surface area contributed by atoms with Gasteiger partial charge in [-0.15, -0.1) is 11.3 Å². The molecule has 4 rings (SSSR count). The van der Waals surface area contributed by atoms with E-state index in [0.717, 1.165) is 61.4 Å². The Bertz CT molecular complexity index is 1150. The molecule has 164 valence electrons. The first kappa shape index (κ1) is 22.1. The molecule has 1 fully saturated rings. The van der Waals surface area contributed by atoms with E-state index in [4.69, 9.17) is 0 Å². The Labute approximate surface area is 191 Å². The number of carbonyl (C=O) groups excluding carboxylic acids is 1. The van der Waals surface area contributed by atoms with Gasteiger partial charge >= 0.3 is 0 Å². The van der Waals surface area contributed by atoms with E-state index in [1.165, 1.54) is 16.8 Å². The Morgan fingerprint density at radius 1 is 1.06 bits per heavy atom. The second-order valence-corrected chi connectivity index (χ2v) is 8.78. The van der Waals surface area contributed by atoms with Crippen molar-refractivity contribution in [2.24, 2.45) is 0 Å². The fraction of sp³-hybridized carbons (Fsp3) is 0.280. The first-order valence-electron chi connectivity index (χ1n) is 10.7. The zero-order valence-electron chi connectivity index (χ0n) is 17.8. The molecule has 1 aromatic heterocycles. The summed E-state index contributed by atoms with van der Waals surface area (Å²) in [6.07, 6.45) is 4.82. The van der Waals surface area contributed by atoms with E-state index >= 15 is 0 Å². The van der Waals surface area contributed by atoms with Crippen LogP contribution in [0.3, 0.4) is 0 Å². The monoisotopic (exact) mass is 447 g/mol. The van der Waals surface area contributed by atoms with Crippen molar-refractivity contribution in [1.82, 2.24) is 9.80 Å². The maximum Gasteiger partial charge on any atom is 0.269 e. The molecule has 1 aliphatic rings. The molecule has 0 unspecified atom stereocenters. The van der Waals surface area contributed by atoms with Crippen LogP contribution in [0, 0.1) is 10.1 Å². The minimum Gasteiger partial charge on any atom is -0.300 e. The van der Waals surface area contributed by atoms with Gasteiger partial charge < -0.3 is 4.90 Å². The van der Waals surface area contributed by atoms with Crippen molar-refractivity contribution in [2.45, 2.75) is 6.42 Å². The molecule has 0 atom stereocenters. The number of hydrogen-bond donors (Lipinski definition) is 0. The van der Waals surface area contributed by atoms with Crippen LogP contribution >= 0.6 is 11.3 Å². The van der Waals surface area contributed by atoms with Crippen molar-refractivity contribution in [3.05, 3.63) is 81.2 Å². The molecule has 1 saturated heterocycles. The van der Waals surface area contributed by atoms with E-state index in [2.05, 4.69) is 39.3 Å². The van der Waals surface area contributed by atoms with Gasteiger partial charge in [0.25, 0.3) is 5.69 Å². The molecule has 2 heterocycles. The molecule has 6 nitrogen and oxygen atoms in total. The van der Waals surface area contributed by atoms with Crippen LogP contribution in [-0.4, -0.2) is 59.9 Å². The molecule has 0 aliphatic carbocycles. The number of non-ortho nitro benzene ring substituents is 1. The highest BCUT2D eigenvalue weighted by molar-refractivity contribution is 7.17. The molecule has 7 heteroatoms. The average molecular weight is 448 g/mol. The van der Waals surface area contributed by atoms with Crippen LogP contribution in [0.2, 0.25) is 0 Å². The Kier molecular flexibility index (Phi) is 7.24. The van der Waals surface area contributed by atoms with Gasteiger partial charge in [-0.1, -0.05) is 30.4 Å². The van der Waals surface area contributed by atoms with Crippen molar-refractivity contribution in [3.63, 3.8) is 0 Å². The molecule has 0 radical (unpaired) electrons. The van der Waals surface area contributed by atoms with E-state index in [9.17, 15) is 14.9 Å². The van der Waals surface area contributed by atoms with Gasteiger partial charge in [-0.25, -0.2) is 4.79 Å². The summed E-state index contributed by atoms with van der Waals surface area (Å²) in [6, 6.07) is 14.8. The third-order valence-corrected chi connectivity index (χ3v) is 6.81. The van der Waals surface area contributed by atoms with Gasteiger partial charge in [0.2, 0.25) is 0 Å². The number of piperazine rings is 1. The maximum absolute atomic E-state index is 11.6. The predicted octanol–water partition coefficient (Wildman–Crippen LogP) is 4.75. The van der Waals surface area contributed by atoms with E-state index in [0.29, 0.717) is 6.42 Å². The molecule has 0 amide bonds. The fourth-order valence-electron chi connectivity index (χ4n) is 3.96. The third-order valence-electron chi connectivity index (χ3n) is 5.85. The standard InChI is InChI=1S/C25H25N3O3S/c29-18-21(24-19-32-25-6-2-1-5-23(24)25)11-13-27-16-14-26(15-17-27)12-3-4-20-7-9-22(10-8-20)28(30)31/h1-10,19H,11-17H2. The Balaban J connectivity index is 1.23. The SMILES string of the molecule is O=C=C(CCN1CCN(CC=Cc2ccc([N+](=O)[O-])cc2)CC1)c1csc2ccccc12. The van der Waals surface area contributed by atoms with Crippen LogP contribution in [0.5, 0.6) is 0 Å².